The monoisotopic (exact) mass is 619 g/mol. The van der Waals surface area contributed by atoms with E-state index >= 15 is 0 Å². The molecule has 0 bridgehead atoms. The smallest absolute Gasteiger partial charge is 0.289 e. The number of halogens is 2. The fourth-order valence-corrected chi connectivity index (χ4v) is 7.75. The first-order chi connectivity index (χ1) is 19.5. The lowest BCUT2D eigenvalue weighted by molar-refractivity contribution is -0.143. The second kappa shape index (κ2) is 11.4. The van der Waals surface area contributed by atoms with Crippen molar-refractivity contribution in [2.75, 3.05) is 6.54 Å². The molecule has 2 aliphatic carbocycles. The number of likely N-dealkylation sites (tertiary alicyclic amines) is 1. The standard InChI is InChI=1S/C29H31Cl2N3O6S/c1-2-22(25(35)27(37)32-19-11-12-19)33-26(36)23-15-20(41(39,40)24-6-4-3-5-21(24)31)16-34(23)28(38)29(13-14-29)17-7-9-18(30)10-8-17/h3-10,19-20,22-23H,2,11-16H2,1H3,(H,32,37)(H,33,36)/t20-,22?,23+/m1/s1. The molecule has 2 aromatic rings. The number of carbonyl (C=O) groups excluding carboxylic acids is 4. The van der Waals surface area contributed by atoms with E-state index < -0.39 is 50.2 Å². The maximum Gasteiger partial charge on any atom is 0.289 e. The lowest BCUT2D eigenvalue weighted by atomic mass is 9.94. The summed E-state index contributed by atoms with van der Waals surface area (Å²) in [6.07, 6.45) is 2.66. The van der Waals surface area contributed by atoms with Gasteiger partial charge in [-0.15, -0.1) is 0 Å². The lowest BCUT2D eigenvalue weighted by Crippen LogP contribution is -2.54. The molecule has 3 aliphatic rings. The third-order valence-electron chi connectivity index (χ3n) is 8.14. The number of ketones is 1. The van der Waals surface area contributed by atoms with Crippen LogP contribution in [0.25, 0.3) is 0 Å². The molecule has 1 heterocycles. The van der Waals surface area contributed by atoms with Gasteiger partial charge in [-0.25, -0.2) is 8.42 Å². The number of hydrogen-bond donors (Lipinski definition) is 2. The van der Waals surface area contributed by atoms with Crippen LogP contribution in [0.4, 0.5) is 0 Å². The molecule has 5 rings (SSSR count). The van der Waals surface area contributed by atoms with E-state index in [2.05, 4.69) is 10.6 Å². The highest BCUT2D eigenvalue weighted by Gasteiger charge is 2.57. The van der Waals surface area contributed by atoms with Crippen LogP contribution in [0.5, 0.6) is 0 Å². The zero-order valence-corrected chi connectivity index (χ0v) is 24.8. The van der Waals surface area contributed by atoms with Gasteiger partial charge in [0.05, 0.1) is 26.6 Å². The molecule has 3 atom stereocenters. The number of carbonyl (C=O) groups is 4. The summed E-state index contributed by atoms with van der Waals surface area (Å²) in [6.45, 7) is 1.45. The first-order valence-corrected chi connectivity index (χ1v) is 16.0. The highest BCUT2D eigenvalue weighted by atomic mass is 35.5. The Morgan fingerprint density at radius 2 is 1.68 bits per heavy atom. The number of sulfone groups is 1. The van der Waals surface area contributed by atoms with Crippen LogP contribution in [0, 0.1) is 0 Å². The van der Waals surface area contributed by atoms with Crippen molar-refractivity contribution < 1.29 is 27.6 Å². The van der Waals surface area contributed by atoms with Crippen molar-refractivity contribution in [2.45, 2.75) is 79.1 Å². The van der Waals surface area contributed by atoms with Gasteiger partial charge in [-0.1, -0.05) is 54.4 Å². The Balaban J connectivity index is 1.43. The Morgan fingerprint density at radius 1 is 1.02 bits per heavy atom. The second-order valence-corrected chi connectivity index (χ2v) is 14.0. The minimum atomic E-state index is -4.02. The first-order valence-electron chi connectivity index (χ1n) is 13.7. The van der Waals surface area contributed by atoms with Gasteiger partial charge in [0, 0.05) is 17.6 Å². The summed E-state index contributed by atoms with van der Waals surface area (Å²) < 4.78 is 27.3. The SMILES string of the molecule is CCC(NC(=O)[C@@H]1C[C@@H](S(=O)(=O)c2ccccc2Cl)CN1C(=O)C1(c2ccc(Cl)cc2)CC1)C(=O)C(=O)NC1CC1. The van der Waals surface area contributed by atoms with Crippen molar-refractivity contribution >= 4 is 56.5 Å². The average Bonchev–Trinajstić information content (AvgIpc) is 3.89. The normalized spacial score (nSPS) is 22.1. The van der Waals surface area contributed by atoms with Gasteiger partial charge in [0.15, 0.2) is 9.84 Å². The molecule has 9 nitrogen and oxygen atoms in total. The number of hydrogen-bond acceptors (Lipinski definition) is 6. The maximum absolute atomic E-state index is 14.1. The Kier molecular flexibility index (Phi) is 8.20. The predicted octanol–water partition coefficient (Wildman–Crippen LogP) is 3.21. The molecule has 41 heavy (non-hydrogen) atoms. The van der Waals surface area contributed by atoms with Crippen LogP contribution in [0.3, 0.4) is 0 Å². The molecule has 1 aliphatic heterocycles. The van der Waals surface area contributed by atoms with Gasteiger partial charge in [-0.3, -0.25) is 19.2 Å². The molecule has 3 amide bonds. The van der Waals surface area contributed by atoms with Gasteiger partial charge in [0.2, 0.25) is 17.6 Å². The summed E-state index contributed by atoms with van der Waals surface area (Å²) in [6, 6.07) is 10.7. The molecular weight excluding hydrogens is 589 g/mol. The molecule has 2 aromatic carbocycles. The molecule has 3 fully saturated rings. The van der Waals surface area contributed by atoms with Crippen LogP contribution >= 0.6 is 23.2 Å². The summed E-state index contributed by atoms with van der Waals surface area (Å²) in [5.41, 5.74) is -0.155. The Bertz CT molecular complexity index is 1490. The van der Waals surface area contributed by atoms with E-state index in [1.807, 2.05) is 0 Å². The minimum Gasteiger partial charge on any atom is -0.347 e. The summed E-state index contributed by atoms with van der Waals surface area (Å²) in [4.78, 5) is 54.2. The van der Waals surface area contributed by atoms with Gasteiger partial charge >= 0.3 is 0 Å². The van der Waals surface area contributed by atoms with E-state index in [0.717, 1.165) is 18.4 Å². The molecule has 0 aromatic heterocycles. The zero-order chi connectivity index (χ0) is 29.5. The van der Waals surface area contributed by atoms with Gasteiger partial charge in [-0.2, -0.15) is 0 Å². The van der Waals surface area contributed by atoms with E-state index in [4.69, 9.17) is 23.2 Å². The second-order valence-electron chi connectivity index (χ2n) is 11.0. The maximum atomic E-state index is 14.1. The van der Waals surface area contributed by atoms with E-state index in [0.29, 0.717) is 17.9 Å². The minimum absolute atomic E-state index is 0.0269. The Labute approximate surface area is 248 Å². The van der Waals surface area contributed by atoms with Crippen molar-refractivity contribution in [1.82, 2.24) is 15.5 Å². The molecule has 1 saturated heterocycles. The number of amides is 3. The molecule has 0 radical (unpaired) electrons. The largest absolute Gasteiger partial charge is 0.347 e. The third kappa shape index (κ3) is 5.87. The third-order valence-corrected chi connectivity index (χ3v) is 11.0. The summed E-state index contributed by atoms with van der Waals surface area (Å²) in [5.74, 6) is -2.58. The van der Waals surface area contributed by atoms with Crippen molar-refractivity contribution in [1.29, 1.82) is 0 Å². The summed E-state index contributed by atoms with van der Waals surface area (Å²) in [5, 5.41) is 4.73. The molecule has 218 valence electrons. The van der Waals surface area contributed by atoms with Crippen molar-refractivity contribution in [3.63, 3.8) is 0 Å². The van der Waals surface area contributed by atoms with Gasteiger partial charge in [-0.05, 0) is 68.4 Å². The van der Waals surface area contributed by atoms with Crippen LogP contribution in [0.15, 0.2) is 53.4 Å². The van der Waals surface area contributed by atoms with E-state index in [1.54, 1.807) is 43.3 Å². The number of Topliss-reactive ketones (excluding diaryl/α,β-unsaturated/α-hetero) is 1. The van der Waals surface area contributed by atoms with Crippen LogP contribution in [0.2, 0.25) is 10.0 Å². The van der Waals surface area contributed by atoms with Gasteiger partial charge < -0.3 is 15.5 Å². The van der Waals surface area contributed by atoms with Crippen LogP contribution < -0.4 is 10.6 Å². The summed E-state index contributed by atoms with van der Waals surface area (Å²) >= 11 is 12.3. The van der Waals surface area contributed by atoms with Crippen LogP contribution in [-0.4, -0.2) is 66.7 Å². The number of nitrogens with one attached hydrogen (secondary N) is 2. The quantitative estimate of drug-likeness (QED) is 0.393. The Hall–Kier alpha value is -2.95. The van der Waals surface area contributed by atoms with E-state index in [9.17, 15) is 27.6 Å². The van der Waals surface area contributed by atoms with Gasteiger partial charge in [0.25, 0.3) is 5.91 Å². The Morgan fingerprint density at radius 3 is 2.27 bits per heavy atom. The molecule has 2 N–H and O–H groups in total. The molecule has 0 spiro atoms. The molecule has 12 heteroatoms. The topological polar surface area (TPSA) is 130 Å². The van der Waals surface area contributed by atoms with Gasteiger partial charge in [0.1, 0.15) is 6.04 Å². The lowest BCUT2D eigenvalue weighted by Gasteiger charge is -2.29. The van der Waals surface area contributed by atoms with E-state index in [-0.39, 0.29) is 41.3 Å². The molecule has 1 unspecified atom stereocenters. The zero-order valence-electron chi connectivity index (χ0n) is 22.4. The first kappa shape index (κ1) is 29.5. The van der Waals surface area contributed by atoms with Crippen LogP contribution in [-0.2, 0) is 34.4 Å². The fourth-order valence-electron chi connectivity index (χ4n) is 5.41. The van der Waals surface area contributed by atoms with E-state index in [1.165, 1.54) is 17.0 Å². The predicted molar refractivity (Wildman–Crippen MR) is 153 cm³/mol. The number of benzene rings is 2. The highest BCUT2D eigenvalue weighted by Crippen LogP contribution is 2.51. The van der Waals surface area contributed by atoms with Crippen molar-refractivity contribution in [3.8, 4) is 0 Å². The molecule has 2 saturated carbocycles. The van der Waals surface area contributed by atoms with Crippen molar-refractivity contribution in [2.24, 2.45) is 0 Å². The van der Waals surface area contributed by atoms with Crippen molar-refractivity contribution in [3.05, 3.63) is 64.1 Å². The fraction of sp³-hybridized carbons (Fsp3) is 0.448. The summed E-state index contributed by atoms with van der Waals surface area (Å²) in [7, 11) is -4.02. The number of rotatable bonds is 10. The molecular formula is C29H31Cl2N3O6S. The highest BCUT2D eigenvalue weighted by molar-refractivity contribution is 7.92. The number of nitrogens with zero attached hydrogens (tertiary/aromatic N) is 1. The average molecular weight is 621 g/mol. The van der Waals surface area contributed by atoms with Crippen LogP contribution in [0.1, 0.15) is 51.0 Å².